The number of hydrogen-bond donors (Lipinski definition) is 2. The normalized spacial score (nSPS) is 16.6. The van der Waals surface area contributed by atoms with Crippen molar-refractivity contribution in [3.8, 4) is 5.75 Å². The van der Waals surface area contributed by atoms with E-state index < -0.39 is 0 Å². The van der Waals surface area contributed by atoms with Gasteiger partial charge < -0.3 is 15.2 Å². The van der Waals surface area contributed by atoms with E-state index in [4.69, 9.17) is 0 Å². The summed E-state index contributed by atoms with van der Waals surface area (Å²) >= 11 is 0. The first kappa shape index (κ1) is 13.6. The summed E-state index contributed by atoms with van der Waals surface area (Å²) in [6.45, 7) is 0.768. The predicted molar refractivity (Wildman–Crippen MR) is 67.8 cm³/mol. The highest BCUT2D eigenvalue weighted by Gasteiger charge is 2.25. The molecule has 1 aromatic carbocycles. The molecule has 0 aromatic heterocycles. The quantitative estimate of drug-likeness (QED) is 0.816. The monoisotopic (exact) mass is 257 g/mol. The Morgan fingerprint density at radius 3 is 3.06 bits per heavy atom. The molecular formula is C12H16ClNO3. The molecule has 0 spiro atoms. The second-order valence-electron chi connectivity index (χ2n) is 3.93. The second kappa shape index (κ2) is 5.77. The molecule has 5 heteroatoms. The van der Waals surface area contributed by atoms with Gasteiger partial charge in [-0.2, -0.15) is 0 Å². The first-order valence-corrected chi connectivity index (χ1v) is 5.35. The number of phenolic OH excluding ortho intramolecular Hbond substituents is 1. The average molecular weight is 258 g/mol. The highest BCUT2D eigenvalue weighted by molar-refractivity contribution is 5.85. The maximum atomic E-state index is 11.1. The SMILES string of the molecule is COC(=O)CCC1CNc2cccc(O)c21.Cl. The summed E-state index contributed by atoms with van der Waals surface area (Å²) in [6, 6.07) is 5.42. The fourth-order valence-corrected chi connectivity index (χ4v) is 2.11. The fraction of sp³-hybridized carbons (Fsp3) is 0.417. The van der Waals surface area contributed by atoms with Gasteiger partial charge in [-0.15, -0.1) is 12.4 Å². The molecule has 94 valence electrons. The summed E-state index contributed by atoms with van der Waals surface area (Å²) in [4.78, 5) is 11.1. The number of aromatic hydroxyl groups is 1. The number of esters is 1. The van der Waals surface area contributed by atoms with Gasteiger partial charge in [0.15, 0.2) is 0 Å². The number of carbonyl (C=O) groups excluding carboxylic acids is 1. The van der Waals surface area contributed by atoms with Crippen LogP contribution in [-0.4, -0.2) is 24.7 Å². The van der Waals surface area contributed by atoms with Crippen LogP contribution in [-0.2, 0) is 9.53 Å². The van der Waals surface area contributed by atoms with Gasteiger partial charge in [0.2, 0.25) is 0 Å². The Balaban J connectivity index is 0.00000144. The smallest absolute Gasteiger partial charge is 0.305 e. The van der Waals surface area contributed by atoms with Gasteiger partial charge in [0.25, 0.3) is 0 Å². The van der Waals surface area contributed by atoms with Crippen molar-refractivity contribution in [1.82, 2.24) is 0 Å². The van der Waals surface area contributed by atoms with Crippen LogP contribution in [0.25, 0.3) is 0 Å². The molecule has 17 heavy (non-hydrogen) atoms. The number of nitrogens with one attached hydrogen (secondary N) is 1. The Bertz CT molecular complexity index is 409. The Kier molecular flexibility index (Phi) is 4.63. The molecule has 4 nitrogen and oxygen atoms in total. The molecule has 1 unspecified atom stereocenters. The number of carbonyl (C=O) groups is 1. The van der Waals surface area contributed by atoms with E-state index in [1.807, 2.05) is 12.1 Å². The first-order valence-electron chi connectivity index (χ1n) is 5.35. The number of anilines is 1. The lowest BCUT2D eigenvalue weighted by Gasteiger charge is -2.10. The van der Waals surface area contributed by atoms with Gasteiger partial charge in [0.05, 0.1) is 7.11 Å². The van der Waals surface area contributed by atoms with Gasteiger partial charge in [0.1, 0.15) is 5.75 Å². The molecule has 0 saturated heterocycles. The summed E-state index contributed by atoms with van der Waals surface area (Å²) in [5.74, 6) is 0.288. The van der Waals surface area contributed by atoms with Crippen molar-refractivity contribution in [3.63, 3.8) is 0 Å². The standard InChI is InChI=1S/C12H15NO3.ClH/c1-16-11(15)6-5-8-7-13-9-3-2-4-10(14)12(8)9;/h2-4,8,13-14H,5-7H2,1H3;1H. The van der Waals surface area contributed by atoms with E-state index in [1.165, 1.54) is 7.11 Å². The number of phenols is 1. The van der Waals surface area contributed by atoms with Crippen LogP contribution in [0, 0.1) is 0 Å². The van der Waals surface area contributed by atoms with Gasteiger partial charge >= 0.3 is 5.97 Å². The van der Waals surface area contributed by atoms with Gasteiger partial charge in [0, 0.05) is 30.1 Å². The zero-order valence-electron chi connectivity index (χ0n) is 9.60. The van der Waals surface area contributed by atoms with Crippen molar-refractivity contribution >= 4 is 24.1 Å². The number of ether oxygens (including phenoxy) is 1. The third-order valence-corrected chi connectivity index (χ3v) is 2.95. The third kappa shape index (κ3) is 2.82. The molecule has 1 heterocycles. The number of rotatable bonds is 3. The second-order valence-corrected chi connectivity index (χ2v) is 3.93. The van der Waals surface area contributed by atoms with Crippen molar-refractivity contribution in [2.24, 2.45) is 0 Å². The van der Waals surface area contributed by atoms with Gasteiger partial charge in [-0.05, 0) is 18.6 Å². The van der Waals surface area contributed by atoms with E-state index in [-0.39, 0.29) is 24.3 Å². The molecule has 0 radical (unpaired) electrons. The molecule has 0 amide bonds. The number of halogens is 1. The summed E-state index contributed by atoms with van der Waals surface area (Å²) in [6.07, 6.45) is 1.08. The summed E-state index contributed by atoms with van der Waals surface area (Å²) < 4.78 is 4.61. The molecule has 2 N–H and O–H groups in total. The van der Waals surface area contributed by atoms with Crippen molar-refractivity contribution < 1.29 is 14.6 Å². The molecule has 2 rings (SSSR count). The highest BCUT2D eigenvalue weighted by atomic mass is 35.5. The number of benzene rings is 1. The van der Waals surface area contributed by atoms with Gasteiger partial charge in [-0.25, -0.2) is 0 Å². The molecule has 1 atom stereocenters. The van der Waals surface area contributed by atoms with E-state index in [0.29, 0.717) is 18.6 Å². The largest absolute Gasteiger partial charge is 0.508 e. The minimum atomic E-state index is -0.205. The van der Waals surface area contributed by atoms with Crippen LogP contribution in [0.5, 0.6) is 5.75 Å². The Morgan fingerprint density at radius 1 is 1.59 bits per heavy atom. The highest BCUT2D eigenvalue weighted by Crippen LogP contribution is 2.39. The van der Waals surface area contributed by atoms with Crippen LogP contribution in [0.3, 0.4) is 0 Å². The maximum absolute atomic E-state index is 11.1. The van der Waals surface area contributed by atoms with E-state index >= 15 is 0 Å². The third-order valence-electron chi connectivity index (χ3n) is 2.95. The van der Waals surface area contributed by atoms with Crippen molar-refractivity contribution in [1.29, 1.82) is 0 Å². The van der Waals surface area contributed by atoms with E-state index in [2.05, 4.69) is 10.1 Å². The fourth-order valence-electron chi connectivity index (χ4n) is 2.11. The van der Waals surface area contributed by atoms with Crippen molar-refractivity contribution in [3.05, 3.63) is 23.8 Å². The van der Waals surface area contributed by atoms with Gasteiger partial charge in [-0.3, -0.25) is 4.79 Å². The van der Waals surface area contributed by atoms with Crippen LogP contribution in [0.15, 0.2) is 18.2 Å². The van der Waals surface area contributed by atoms with Crippen LogP contribution in [0.1, 0.15) is 24.3 Å². The van der Waals surface area contributed by atoms with Gasteiger partial charge in [-0.1, -0.05) is 6.07 Å². The number of hydrogen-bond acceptors (Lipinski definition) is 4. The average Bonchev–Trinajstić information content (AvgIpc) is 2.70. The molecule has 1 aliphatic heterocycles. The van der Waals surface area contributed by atoms with Crippen molar-refractivity contribution in [2.45, 2.75) is 18.8 Å². The number of methoxy groups -OCH3 is 1. The van der Waals surface area contributed by atoms with E-state index in [9.17, 15) is 9.90 Å². The Hall–Kier alpha value is -1.42. The minimum Gasteiger partial charge on any atom is -0.508 e. The molecule has 0 aliphatic carbocycles. The summed E-state index contributed by atoms with van der Waals surface area (Å²) in [5.41, 5.74) is 1.89. The molecule has 1 aliphatic rings. The van der Waals surface area contributed by atoms with Crippen LogP contribution in [0.2, 0.25) is 0 Å². The summed E-state index contributed by atoms with van der Waals surface area (Å²) in [5, 5.41) is 13.0. The van der Waals surface area contributed by atoms with Crippen LogP contribution >= 0.6 is 12.4 Å². The summed E-state index contributed by atoms with van der Waals surface area (Å²) in [7, 11) is 1.39. The molecule has 0 saturated carbocycles. The zero-order valence-corrected chi connectivity index (χ0v) is 10.4. The lowest BCUT2D eigenvalue weighted by atomic mass is 9.95. The Morgan fingerprint density at radius 2 is 2.35 bits per heavy atom. The number of fused-ring (bicyclic) bond motifs is 1. The predicted octanol–water partition coefficient (Wildman–Crippen LogP) is 2.28. The molecule has 0 fully saturated rings. The Labute approximate surface area is 106 Å². The molecular weight excluding hydrogens is 242 g/mol. The van der Waals surface area contributed by atoms with Crippen LogP contribution in [0.4, 0.5) is 5.69 Å². The molecule has 1 aromatic rings. The topological polar surface area (TPSA) is 58.6 Å². The lowest BCUT2D eigenvalue weighted by molar-refractivity contribution is -0.140. The lowest BCUT2D eigenvalue weighted by Crippen LogP contribution is -2.07. The van der Waals surface area contributed by atoms with Crippen molar-refractivity contribution in [2.75, 3.05) is 19.0 Å². The van der Waals surface area contributed by atoms with E-state index in [1.54, 1.807) is 6.07 Å². The maximum Gasteiger partial charge on any atom is 0.305 e. The van der Waals surface area contributed by atoms with Crippen LogP contribution < -0.4 is 5.32 Å². The zero-order chi connectivity index (χ0) is 11.5. The first-order chi connectivity index (χ1) is 7.72. The minimum absolute atomic E-state index is 0. The van der Waals surface area contributed by atoms with E-state index in [0.717, 1.165) is 17.8 Å². The molecule has 0 bridgehead atoms.